The van der Waals surface area contributed by atoms with Crippen LogP contribution in [0.2, 0.25) is 0 Å². The van der Waals surface area contributed by atoms with E-state index in [0.29, 0.717) is 127 Å². The maximum Gasteiger partial charge on any atom is 0.171 e. The van der Waals surface area contributed by atoms with Crippen LogP contribution < -0.4 is 0 Å². The fourth-order valence-corrected chi connectivity index (χ4v) is 25.8. The summed E-state index contributed by atoms with van der Waals surface area (Å²) in [5, 5.41) is 0. The lowest BCUT2D eigenvalue weighted by Crippen LogP contribution is -2.56. The summed E-state index contributed by atoms with van der Waals surface area (Å²) in [6.07, 6.45) is 25.5. The second-order valence-electron chi connectivity index (χ2n) is 39.5. The van der Waals surface area contributed by atoms with Crippen molar-refractivity contribution in [3.8, 4) is 90.2 Å². The number of ketones is 2. The number of allylic oxidation sites excluding steroid dienone is 1. The van der Waals surface area contributed by atoms with Gasteiger partial charge in [-0.1, -0.05) is 171 Å². The number of carbonyl (C=O) groups is 2. The molecule has 0 radical (unpaired) electrons. The predicted molar refractivity (Wildman–Crippen MR) is 511 cm³/mol. The Kier molecular flexibility index (Phi) is 24.8. The Morgan fingerprint density at radius 1 is 0.343 bits per heavy atom. The number of Topliss-reactive ketones (excluding diaryl/α,β-unsaturated/α-hetero) is 2. The minimum Gasteiger partial charge on any atom is -0.347 e. The molecular formula is C112H112BrF4N9O8. The van der Waals surface area contributed by atoms with Gasteiger partial charge < -0.3 is 28.4 Å². The number of hydrogen-bond donors (Lipinski definition) is 0. The molecule has 0 unspecified atom stereocenters. The molecule has 12 aromatic rings. The molecule has 8 aliphatic carbocycles. The van der Waals surface area contributed by atoms with Gasteiger partial charge in [-0.2, -0.15) is 0 Å². The van der Waals surface area contributed by atoms with Crippen LogP contribution in [0, 0.1) is 76.0 Å². The maximum absolute atomic E-state index is 15.3. The third kappa shape index (κ3) is 16.0. The summed E-state index contributed by atoms with van der Waals surface area (Å²) in [7, 11) is 0. The zero-order chi connectivity index (χ0) is 92.6. The van der Waals surface area contributed by atoms with Crippen LogP contribution in [0.25, 0.3) is 96.3 Å². The zero-order valence-corrected chi connectivity index (χ0v) is 78.7. The van der Waals surface area contributed by atoms with E-state index in [1.807, 2.05) is 109 Å². The van der Waals surface area contributed by atoms with Gasteiger partial charge in [0.25, 0.3) is 0 Å². The number of fused-ring (bicyclic) bond motifs is 10. The molecule has 134 heavy (non-hydrogen) atoms. The Morgan fingerprint density at radius 2 is 0.687 bits per heavy atom. The largest absolute Gasteiger partial charge is 0.347 e. The number of ether oxygens (including phenoxy) is 6. The fraction of sp³-hybridized carbons (Fsp3) is 0.402. The fourth-order valence-electron chi connectivity index (χ4n) is 25.4. The SMILES string of the molecule is C[C@@H]1[C@H]2CC/C(=C\c3ccccc3F)C(=O)[C@]2(C)CCC12OCCO2.C[C@@H]1[C@H]2CCc3c(-c4ccccc4F)nc(-c4ccncc4-c4ccccc4)nc3[C@]2(C)CCC12OCCO2.C[C@@H]1[C@H]2CCc3c(-c4ccccc4F)nc(-c4ccncc4Br)nc3[C@]2(C)CCC12OCCO2.C[C@H]1C(=O)CC[C@@]2(C)c3nc(-c4ccncc4-c4ccccc4)nc(-c4ccccc4F)c3CC[C@H]12. The molecule has 6 aromatic heterocycles. The lowest BCUT2D eigenvalue weighted by molar-refractivity contribution is -0.241. The molecule has 3 aliphatic heterocycles. The highest BCUT2D eigenvalue weighted by Crippen LogP contribution is 2.62. The van der Waals surface area contributed by atoms with E-state index in [1.165, 1.54) is 24.3 Å². The molecule has 17 nitrogen and oxygen atoms in total. The second-order valence-corrected chi connectivity index (χ2v) is 40.3. The van der Waals surface area contributed by atoms with E-state index in [0.717, 1.165) is 173 Å². The number of pyridine rings is 3. The van der Waals surface area contributed by atoms with E-state index >= 15 is 13.2 Å². The standard InChI is InChI=1S/C33H32FN3O2.C31H28FN3O.C27H27BrFN3O2.C21H25FO3/c1-21-27-13-12-25-29(24-10-6-7-11-28(24)34)36-31(23-14-17-35-20-26(23)22-8-4-3-5-9-22)37-30(25)32(27,2)15-16-33(21)38-18-19-39-33;1-19-25-13-12-23-28(22-10-6-7-11-26(22)32)34-30(35-29(23)31(25,2)16-14-27(19)36)21-15-17-33-18-24(21)20-8-4-3-5-9-20;1-16-20-8-7-19-23(18-5-3-4-6-22(18)29)31-25(17-9-12-30-15-21(17)28)32-24(19)26(20,2)10-11-27(16)33-13-14-34-27;1-14-17-8-7-16(13-15-5-3-4-6-18(15)22)19(23)20(17,2)9-10-21(14)24-11-12-25-21/h3-11,14,17,20-21,27H,12-13,15-16,18-19H2,1-2H3;3-11,15,17-19,25H,12-14,16H2,1-2H3;3-6,9,12,15-16,20H,7-8,10-11,13-14H2,1-2H3;3-6,13-14,17H,7-12H2,1-2H3/b;;;16-13+/t21-,27-,32-;19-,25-,31-;16-,20-,26-;14-,17-,20-/m1111/s1. The Balaban J connectivity index is 0.000000112. The summed E-state index contributed by atoms with van der Waals surface area (Å²) in [6, 6.07) is 53.4. The smallest absolute Gasteiger partial charge is 0.171 e. The Labute approximate surface area is 789 Å². The van der Waals surface area contributed by atoms with E-state index in [1.54, 1.807) is 73.3 Å². The monoisotopic (exact) mass is 1870 g/mol. The lowest BCUT2D eigenvalue weighted by atomic mass is 9.54. The molecule has 23 rings (SSSR count). The van der Waals surface area contributed by atoms with Crippen molar-refractivity contribution in [2.24, 2.45) is 52.8 Å². The van der Waals surface area contributed by atoms with Crippen LogP contribution in [0.5, 0.6) is 0 Å². The van der Waals surface area contributed by atoms with E-state index in [2.05, 4.69) is 98.4 Å². The highest BCUT2D eigenvalue weighted by molar-refractivity contribution is 9.10. The first-order valence-corrected chi connectivity index (χ1v) is 48.6. The molecule has 9 heterocycles. The minimum absolute atomic E-state index is 0.00645. The molecule has 12 atom stereocenters. The Hall–Kier alpha value is -11.0. The van der Waals surface area contributed by atoms with Crippen LogP contribution in [0.4, 0.5) is 17.6 Å². The van der Waals surface area contributed by atoms with Crippen molar-refractivity contribution in [3.05, 3.63) is 286 Å². The van der Waals surface area contributed by atoms with Crippen molar-refractivity contribution in [2.75, 3.05) is 39.6 Å². The normalized spacial score (nSPS) is 27.2. The van der Waals surface area contributed by atoms with Gasteiger partial charge in [-0.25, -0.2) is 47.5 Å². The summed E-state index contributed by atoms with van der Waals surface area (Å²) >= 11 is 3.61. The molecular weight excluding hydrogens is 1760 g/mol. The number of aromatic nitrogens is 9. The Bertz CT molecular complexity index is 6510. The molecule has 688 valence electrons. The number of nitrogens with zero attached hydrogens (tertiary/aromatic N) is 9. The summed E-state index contributed by atoms with van der Waals surface area (Å²) in [5.74, 6) is 1.48. The molecule has 3 spiro atoms. The molecule has 0 N–H and O–H groups in total. The molecule has 22 heteroatoms. The zero-order valence-electron chi connectivity index (χ0n) is 77.1. The first-order valence-electron chi connectivity index (χ1n) is 47.8. The van der Waals surface area contributed by atoms with Crippen LogP contribution in [0.1, 0.15) is 178 Å². The molecule has 5 saturated carbocycles. The molecule has 11 aliphatic rings. The van der Waals surface area contributed by atoms with Gasteiger partial charge in [-0.15, -0.1) is 0 Å². The number of benzene rings is 6. The van der Waals surface area contributed by atoms with Gasteiger partial charge in [-0.05, 0) is 200 Å². The highest BCUT2D eigenvalue weighted by Gasteiger charge is 2.62. The average molecular weight is 1870 g/mol. The average Bonchev–Trinajstić information content (AvgIpc) is 1.10. The molecule has 8 fully saturated rings. The van der Waals surface area contributed by atoms with Crippen molar-refractivity contribution in [3.63, 3.8) is 0 Å². The van der Waals surface area contributed by atoms with Crippen LogP contribution in [0.3, 0.4) is 0 Å². The first-order chi connectivity index (χ1) is 64.9. The molecule has 3 saturated heterocycles. The summed E-state index contributed by atoms with van der Waals surface area (Å²) in [6.45, 7) is 21.6. The van der Waals surface area contributed by atoms with E-state index < -0.39 is 22.8 Å². The van der Waals surface area contributed by atoms with Gasteiger partial charge in [0.15, 0.2) is 40.6 Å². The minimum atomic E-state index is -0.503. The van der Waals surface area contributed by atoms with Crippen molar-refractivity contribution < 1.29 is 55.6 Å². The number of carbonyl (C=O) groups excluding carboxylic acids is 2. The quantitative estimate of drug-likeness (QED) is 0.0973. The van der Waals surface area contributed by atoms with Gasteiger partial charge in [0.05, 0.1) is 73.8 Å². The van der Waals surface area contributed by atoms with Crippen molar-refractivity contribution >= 4 is 33.6 Å². The van der Waals surface area contributed by atoms with Gasteiger partial charge in [-0.3, -0.25) is 24.5 Å². The van der Waals surface area contributed by atoms with Crippen molar-refractivity contribution in [2.45, 2.75) is 192 Å². The highest BCUT2D eigenvalue weighted by atomic mass is 79.9. The number of rotatable bonds is 9. The van der Waals surface area contributed by atoms with Gasteiger partial charge >= 0.3 is 0 Å². The van der Waals surface area contributed by atoms with Crippen LogP contribution in [0.15, 0.2) is 223 Å². The first kappa shape index (κ1) is 90.8. The van der Waals surface area contributed by atoms with Crippen LogP contribution >= 0.6 is 15.9 Å². The maximum atomic E-state index is 15.3. The van der Waals surface area contributed by atoms with Gasteiger partial charge in [0, 0.05) is 179 Å². The van der Waals surface area contributed by atoms with E-state index in [4.69, 9.17) is 58.3 Å². The lowest BCUT2D eigenvalue weighted by Gasteiger charge is -2.54. The third-order valence-electron chi connectivity index (χ3n) is 32.7. The topological polar surface area (TPSA) is 206 Å². The van der Waals surface area contributed by atoms with E-state index in [9.17, 15) is 14.0 Å². The van der Waals surface area contributed by atoms with Crippen LogP contribution in [-0.4, -0.2) is 113 Å². The molecule has 6 aromatic carbocycles. The van der Waals surface area contributed by atoms with Crippen LogP contribution in [-0.2, 0) is 73.5 Å². The second kappa shape index (κ2) is 36.6. The third-order valence-corrected chi connectivity index (χ3v) is 33.3. The number of hydrogen-bond acceptors (Lipinski definition) is 17. The number of halogens is 5. The van der Waals surface area contributed by atoms with Crippen molar-refractivity contribution in [1.82, 2.24) is 44.9 Å². The molecule has 0 bridgehead atoms. The van der Waals surface area contributed by atoms with Crippen molar-refractivity contribution in [1.29, 1.82) is 0 Å². The summed E-state index contributed by atoms with van der Waals surface area (Å²) < 4.78 is 97.0. The van der Waals surface area contributed by atoms with Gasteiger partial charge in [0.1, 0.15) is 29.1 Å². The van der Waals surface area contributed by atoms with E-state index in [-0.39, 0.29) is 80.8 Å². The summed E-state index contributed by atoms with van der Waals surface area (Å²) in [5.41, 5.74) is 16.5. The predicted octanol–water partition coefficient (Wildman–Crippen LogP) is 24.3. The molecule has 0 amide bonds. The summed E-state index contributed by atoms with van der Waals surface area (Å²) in [4.78, 5) is 69.7. The Morgan fingerprint density at radius 3 is 1.10 bits per heavy atom. The van der Waals surface area contributed by atoms with Gasteiger partial charge in [0.2, 0.25) is 0 Å².